The molecule has 2 heterocycles. The van der Waals surface area contributed by atoms with Gasteiger partial charge in [-0.3, -0.25) is 4.79 Å². The van der Waals surface area contributed by atoms with Crippen LogP contribution in [0, 0.1) is 12.8 Å². The second-order valence-electron chi connectivity index (χ2n) is 5.24. The number of aromatic carboxylic acids is 1. The molecule has 0 unspecified atom stereocenters. The summed E-state index contributed by atoms with van der Waals surface area (Å²) in [5, 5.41) is 8.91. The maximum absolute atomic E-state index is 12.6. The molecule has 1 aromatic rings. The molecule has 8 heteroatoms. The number of carboxylic acids is 1. The summed E-state index contributed by atoms with van der Waals surface area (Å²) in [5.74, 6) is -2.99. The van der Waals surface area contributed by atoms with Gasteiger partial charge in [-0.1, -0.05) is 0 Å². The summed E-state index contributed by atoms with van der Waals surface area (Å²) >= 11 is 0. The molecule has 120 valence electrons. The van der Waals surface area contributed by atoms with Gasteiger partial charge in [0.1, 0.15) is 5.69 Å². The minimum Gasteiger partial charge on any atom is -0.478 e. The van der Waals surface area contributed by atoms with Crippen LogP contribution < -0.4 is 0 Å². The van der Waals surface area contributed by atoms with Crippen LogP contribution >= 0.6 is 0 Å². The third-order valence-electron chi connectivity index (χ3n) is 3.78. The van der Waals surface area contributed by atoms with Crippen LogP contribution in [0.4, 0.5) is 13.2 Å². The first-order valence-corrected chi connectivity index (χ1v) is 6.77. The predicted molar refractivity (Wildman–Crippen MR) is 70.6 cm³/mol. The quantitative estimate of drug-likeness (QED) is 0.910. The van der Waals surface area contributed by atoms with Crippen molar-refractivity contribution in [3.05, 3.63) is 29.1 Å². The minimum absolute atomic E-state index is 0.00710. The van der Waals surface area contributed by atoms with Crippen LogP contribution in [0.2, 0.25) is 0 Å². The summed E-state index contributed by atoms with van der Waals surface area (Å²) < 4.78 is 37.8. The number of hydrogen-bond donors (Lipinski definition) is 1. The van der Waals surface area contributed by atoms with Crippen LogP contribution in [0.25, 0.3) is 0 Å². The molecular weight excluding hydrogens is 301 g/mol. The van der Waals surface area contributed by atoms with Gasteiger partial charge in [-0.2, -0.15) is 13.2 Å². The molecule has 1 N–H and O–H groups in total. The molecule has 0 aromatic carbocycles. The number of halogens is 3. The zero-order valence-electron chi connectivity index (χ0n) is 11.9. The molecule has 2 rings (SSSR count). The Bertz CT molecular complexity index is 593. The Morgan fingerprint density at radius 3 is 2.32 bits per heavy atom. The van der Waals surface area contributed by atoms with E-state index in [0.29, 0.717) is 0 Å². The molecule has 0 aliphatic carbocycles. The highest BCUT2D eigenvalue weighted by Crippen LogP contribution is 2.34. The normalized spacial score (nSPS) is 16.6. The average Bonchev–Trinajstić information content (AvgIpc) is 2.45. The maximum atomic E-state index is 12.6. The van der Waals surface area contributed by atoms with Crippen molar-refractivity contribution in [1.82, 2.24) is 9.88 Å². The van der Waals surface area contributed by atoms with Crippen molar-refractivity contribution in [3.8, 4) is 0 Å². The highest BCUT2D eigenvalue weighted by Gasteiger charge is 2.41. The summed E-state index contributed by atoms with van der Waals surface area (Å²) in [5.41, 5.74) is 0.240. The van der Waals surface area contributed by atoms with E-state index in [9.17, 15) is 22.8 Å². The molecule has 0 atom stereocenters. The summed E-state index contributed by atoms with van der Waals surface area (Å²) in [4.78, 5) is 28.4. The number of nitrogens with zero attached hydrogens (tertiary/aromatic N) is 2. The number of hydrogen-bond acceptors (Lipinski definition) is 3. The van der Waals surface area contributed by atoms with Crippen molar-refractivity contribution in [2.45, 2.75) is 25.9 Å². The Labute approximate surface area is 124 Å². The van der Waals surface area contributed by atoms with Crippen molar-refractivity contribution < 1.29 is 27.9 Å². The molecule has 0 bridgehead atoms. The molecule has 1 amide bonds. The summed E-state index contributed by atoms with van der Waals surface area (Å²) in [6.07, 6.45) is -4.48. The zero-order valence-corrected chi connectivity index (χ0v) is 11.9. The SMILES string of the molecule is Cc1nc(C(=O)N2CCC(C(F)(F)F)CC2)ccc1C(=O)O. The first kappa shape index (κ1) is 16.3. The fraction of sp³-hybridized carbons (Fsp3) is 0.500. The lowest BCUT2D eigenvalue weighted by Crippen LogP contribution is -2.42. The molecule has 22 heavy (non-hydrogen) atoms. The molecule has 0 saturated carbocycles. The highest BCUT2D eigenvalue weighted by atomic mass is 19.4. The van der Waals surface area contributed by atoms with E-state index in [1.165, 1.54) is 24.0 Å². The van der Waals surface area contributed by atoms with Crippen LogP contribution in [-0.2, 0) is 0 Å². The van der Waals surface area contributed by atoms with Crippen molar-refractivity contribution in [1.29, 1.82) is 0 Å². The number of alkyl halides is 3. The van der Waals surface area contributed by atoms with E-state index in [1.54, 1.807) is 0 Å². The number of carbonyl (C=O) groups is 2. The topological polar surface area (TPSA) is 70.5 Å². The molecule has 1 aliphatic heterocycles. The monoisotopic (exact) mass is 316 g/mol. The second kappa shape index (κ2) is 5.94. The van der Waals surface area contributed by atoms with Gasteiger partial charge >= 0.3 is 12.1 Å². The van der Waals surface area contributed by atoms with Crippen LogP contribution in [0.3, 0.4) is 0 Å². The first-order valence-electron chi connectivity index (χ1n) is 6.77. The van der Waals surface area contributed by atoms with Gasteiger partial charge in [-0.15, -0.1) is 0 Å². The number of pyridine rings is 1. The lowest BCUT2D eigenvalue weighted by atomic mass is 9.96. The van der Waals surface area contributed by atoms with Crippen LogP contribution in [0.5, 0.6) is 0 Å². The van der Waals surface area contributed by atoms with Crippen molar-refractivity contribution in [3.63, 3.8) is 0 Å². The highest BCUT2D eigenvalue weighted by molar-refractivity contribution is 5.94. The Morgan fingerprint density at radius 2 is 1.86 bits per heavy atom. The molecular formula is C14H15F3N2O3. The van der Waals surface area contributed by atoms with Crippen LogP contribution in [0.15, 0.2) is 12.1 Å². The van der Waals surface area contributed by atoms with E-state index in [1.807, 2.05) is 0 Å². The van der Waals surface area contributed by atoms with Crippen LogP contribution in [-0.4, -0.2) is 46.1 Å². The first-order chi connectivity index (χ1) is 10.2. The van der Waals surface area contributed by atoms with Gasteiger partial charge in [-0.25, -0.2) is 9.78 Å². The van der Waals surface area contributed by atoms with E-state index in [4.69, 9.17) is 5.11 Å². The lowest BCUT2D eigenvalue weighted by Gasteiger charge is -2.32. The minimum atomic E-state index is -4.23. The smallest absolute Gasteiger partial charge is 0.391 e. The van der Waals surface area contributed by atoms with E-state index >= 15 is 0 Å². The van der Waals surface area contributed by atoms with Gasteiger partial charge in [-0.05, 0) is 31.9 Å². The fourth-order valence-electron chi connectivity index (χ4n) is 2.48. The molecule has 1 fully saturated rings. The molecule has 0 radical (unpaired) electrons. The third-order valence-corrected chi connectivity index (χ3v) is 3.78. The molecule has 1 saturated heterocycles. The number of amides is 1. The number of carbonyl (C=O) groups excluding carboxylic acids is 1. The third kappa shape index (κ3) is 3.37. The van der Waals surface area contributed by atoms with E-state index in [2.05, 4.69) is 4.98 Å². The van der Waals surface area contributed by atoms with Gasteiger partial charge in [0.2, 0.25) is 0 Å². The summed E-state index contributed by atoms with van der Waals surface area (Å²) in [6, 6.07) is 2.56. The van der Waals surface area contributed by atoms with Crippen molar-refractivity contribution >= 4 is 11.9 Å². The number of piperidine rings is 1. The van der Waals surface area contributed by atoms with Crippen LogP contribution in [0.1, 0.15) is 39.4 Å². The fourth-order valence-corrected chi connectivity index (χ4v) is 2.48. The van der Waals surface area contributed by atoms with E-state index in [0.717, 1.165) is 0 Å². The van der Waals surface area contributed by atoms with Crippen molar-refractivity contribution in [2.24, 2.45) is 5.92 Å². The van der Waals surface area contributed by atoms with E-state index < -0.39 is 24.0 Å². The number of likely N-dealkylation sites (tertiary alicyclic amines) is 1. The predicted octanol–water partition coefficient (Wildman–Crippen LogP) is 2.50. The summed E-state index contributed by atoms with van der Waals surface area (Å²) in [7, 11) is 0. The molecule has 0 spiro atoms. The zero-order chi connectivity index (χ0) is 16.5. The van der Waals surface area contributed by atoms with Gasteiger partial charge in [0.15, 0.2) is 0 Å². The maximum Gasteiger partial charge on any atom is 0.391 e. The van der Waals surface area contributed by atoms with E-state index in [-0.39, 0.29) is 42.9 Å². The van der Waals surface area contributed by atoms with Gasteiger partial charge < -0.3 is 10.0 Å². The standard InChI is InChI=1S/C14H15F3N2O3/c1-8-10(13(21)22)2-3-11(18-8)12(20)19-6-4-9(5-7-19)14(15,16)17/h2-3,9H,4-7H2,1H3,(H,21,22). The Hall–Kier alpha value is -2.12. The summed E-state index contributed by atoms with van der Waals surface area (Å²) in [6.45, 7) is 1.50. The number of aryl methyl sites for hydroxylation is 1. The van der Waals surface area contributed by atoms with Gasteiger partial charge in [0.25, 0.3) is 5.91 Å². The number of aromatic nitrogens is 1. The number of rotatable bonds is 2. The largest absolute Gasteiger partial charge is 0.478 e. The Kier molecular flexibility index (Phi) is 4.39. The second-order valence-corrected chi connectivity index (χ2v) is 5.24. The molecule has 1 aliphatic rings. The average molecular weight is 316 g/mol. The molecule has 1 aromatic heterocycles. The Balaban J connectivity index is 2.07. The van der Waals surface area contributed by atoms with Gasteiger partial charge in [0, 0.05) is 13.1 Å². The lowest BCUT2D eigenvalue weighted by molar-refractivity contribution is -0.183. The number of carboxylic acid groups (broad SMARTS) is 1. The van der Waals surface area contributed by atoms with Gasteiger partial charge in [0.05, 0.1) is 17.2 Å². The Morgan fingerprint density at radius 1 is 1.27 bits per heavy atom. The van der Waals surface area contributed by atoms with Crippen molar-refractivity contribution in [2.75, 3.05) is 13.1 Å². The molecule has 5 nitrogen and oxygen atoms in total.